The van der Waals surface area contributed by atoms with E-state index in [2.05, 4.69) is 0 Å². The third-order valence-corrected chi connectivity index (χ3v) is 6.47. The summed E-state index contributed by atoms with van der Waals surface area (Å²) in [6.45, 7) is 8.11. The zero-order valence-corrected chi connectivity index (χ0v) is 22.4. The summed E-state index contributed by atoms with van der Waals surface area (Å²) in [5.74, 6) is -1.15. The number of rotatable bonds is 9. The highest BCUT2D eigenvalue weighted by Gasteiger charge is 2.48. The van der Waals surface area contributed by atoms with Crippen molar-refractivity contribution in [2.45, 2.75) is 65.5 Å². The summed E-state index contributed by atoms with van der Waals surface area (Å²) < 4.78 is 28.2. The molecule has 1 heterocycles. The summed E-state index contributed by atoms with van der Waals surface area (Å²) in [5, 5.41) is 0.583. The second-order valence-corrected chi connectivity index (χ2v) is 9.42. The van der Waals surface area contributed by atoms with E-state index < -0.39 is 48.2 Å². The number of carbonyl (C=O) groups is 3. The first-order chi connectivity index (χ1) is 17.6. The molecule has 1 fully saturated rings. The van der Waals surface area contributed by atoms with Gasteiger partial charge in [-0.2, -0.15) is 0 Å². The lowest BCUT2D eigenvalue weighted by Gasteiger charge is -2.44. The smallest absolute Gasteiger partial charge is 0.303 e. The number of benzene rings is 2. The molecule has 200 valence electrons. The van der Waals surface area contributed by atoms with Crippen molar-refractivity contribution >= 4 is 29.5 Å². The van der Waals surface area contributed by atoms with Gasteiger partial charge in [-0.15, -0.1) is 0 Å². The summed E-state index contributed by atoms with van der Waals surface area (Å²) in [4.78, 5) is 35.3. The number of carbonyl (C=O) groups excluding carboxylic acids is 3. The van der Waals surface area contributed by atoms with Crippen molar-refractivity contribution in [3.8, 4) is 5.75 Å². The maximum Gasteiger partial charge on any atom is 0.303 e. The van der Waals surface area contributed by atoms with Gasteiger partial charge in [0, 0.05) is 31.7 Å². The Morgan fingerprint density at radius 1 is 0.919 bits per heavy atom. The molecule has 0 bridgehead atoms. The zero-order valence-electron chi connectivity index (χ0n) is 21.7. The van der Waals surface area contributed by atoms with Crippen molar-refractivity contribution in [1.29, 1.82) is 0 Å². The van der Waals surface area contributed by atoms with Gasteiger partial charge in [0.15, 0.2) is 0 Å². The first-order valence-corrected chi connectivity index (χ1v) is 12.6. The Hall–Kier alpha value is -3.10. The van der Waals surface area contributed by atoms with E-state index >= 15 is 0 Å². The van der Waals surface area contributed by atoms with E-state index in [0.717, 1.165) is 22.4 Å². The standard InChI is InChI=1S/C28H33ClO8/c1-6-33-23-10-7-20(8-11-23)13-22-14-21(9-12-24(22)29)28-27(36-19(5)32)16(2)26(35-18(4)31)25(37-28)15-34-17(3)30/h7-12,14,16,25-28H,6,13,15H2,1-5H3/t16-,25+,26-,27+,28-/m0/s1. The Labute approximate surface area is 222 Å². The van der Waals surface area contributed by atoms with Gasteiger partial charge in [0.25, 0.3) is 0 Å². The van der Waals surface area contributed by atoms with E-state index in [4.69, 9.17) is 35.3 Å². The normalized spacial score (nSPS) is 23.1. The minimum absolute atomic E-state index is 0.118. The third kappa shape index (κ3) is 7.69. The number of esters is 3. The van der Waals surface area contributed by atoms with Gasteiger partial charge in [0.1, 0.15) is 36.8 Å². The van der Waals surface area contributed by atoms with Crippen LogP contribution >= 0.6 is 11.6 Å². The third-order valence-electron chi connectivity index (χ3n) is 6.10. The molecule has 9 heteroatoms. The molecule has 0 aliphatic carbocycles. The van der Waals surface area contributed by atoms with Crippen LogP contribution < -0.4 is 4.74 Å². The molecule has 0 saturated carbocycles. The van der Waals surface area contributed by atoms with Crippen molar-refractivity contribution in [3.05, 3.63) is 64.2 Å². The van der Waals surface area contributed by atoms with Crippen LogP contribution in [0.5, 0.6) is 5.75 Å². The first kappa shape index (κ1) is 28.5. The molecule has 0 radical (unpaired) electrons. The average Bonchev–Trinajstić information content (AvgIpc) is 2.83. The molecule has 37 heavy (non-hydrogen) atoms. The van der Waals surface area contributed by atoms with Crippen LogP contribution in [0.1, 0.15) is 57.4 Å². The molecule has 1 aliphatic rings. The van der Waals surface area contributed by atoms with E-state index in [-0.39, 0.29) is 6.61 Å². The lowest BCUT2D eigenvalue weighted by molar-refractivity contribution is -0.231. The quantitative estimate of drug-likeness (QED) is 0.334. The fourth-order valence-electron chi connectivity index (χ4n) is 4.48. The molecule has 0 aromatic heterocycles. The lowest BCUT2D eigenvalue weighted by atomic mass is 9.84. The van der Waals surface area contributed by atoms with Gasteiger partial charge >= 0.3 is 17.9 Å². The van der Waals surface area contributed by atoms with Crippen LogP contribution in [0.4, 0.5) is 0 Å². The molecule has 0 N–H and O–H groups in total. The zero-order chi connectivity index (χ0) is 27.1. The fraction of sp³-hybridized carbons (Fsp3) is 0.464. The topological polar surface area (TPSA) is 97.4 Å². The highest BCUT2D eigenvalue weighted by Crippen LogP contribution is 2.40. The maximum atomic E-state index is 12.0. The molecule has 1 saturated heterocycles. The molecule has 1 aliphatic heterocycles. The van der Waals surface area contributed by atoms with Crippen LogP contribution in [0.15, 0.2) is 42.5 Å². The minimum Gasteiger partial charge on any atom is -0.494 e. The SMILES string of the molecule is CCOc1ccc(Cc2cc([C@@H]3O[C@H](COC(C)=O)[C@@H](OC(C)=O)[C@H](C)[C@H]3OC(C)=O)ccc2Cl)cc1. The highest BCUT2D eigenvalue weighted by atomic mass is 35.5. The second kappa shape index (κ2) is 12.9. The van der Waals surface area contributed by atoms with Gasteiger partial charge in [0.2, 0.25) is 0 Å². The van der Waals surface area contributed by atoms with E-state index in [1.54, 1.807) is 6.07 Å². The Kier molecular flexibility index (Phi) is 9.94. The Bertz CT molecular complexity index is 1100. The Morgan fingerprint density at radius 2 is 1.57 bits per heavy atom. The first-order valence-electron chi connectivity index (χ1n) is 12.2. The molecule has 5 atom stereocenters. The van der Waals surface area contributed by atoms with Crippen molar-refractivity contribution in [3.63, 3.8) is 0 Å². The number of hydrogen-bond acceptors (Lipinski definition) is 8. The van der Waals surface area contributed by atoms with Gasteiger partial charge in [-0.3, -0.25) is 14.4 Å². The Balaban J connectivity index is 1.94. The summed E-state index contributed by atoms with van der Waals surface area (Å²) in [6.07, 6.45) is -2.44. The number of hydrogen-bond donors (Lipinski definition) is 0. The lowest BCUT2D eigenvalue weighted by Crippen LogP contribution is -2.54. The fourth-order valence-corrected chi connectivity index (χ4v) is 4.66. The van der Waals surface area contributed by atoms with E-state index in [1.807, 2.05) is 50.2 Å². The van der Waals surface area contributed by atoms with Gasteiger partial charge in [-0.1, -0.05) is 42.8 Å². The monoisotopic (exact) mass is 532 g/mol. The molecule has 0 spiro atoms. The van der Waals surface area contributed by atoms with E-state index in [9.17, 15) is 14.4 Å². The van der Waals surface area contributed by atoms with E-state index in [0.29, 0.717) is 18.1 Å². The Morgan fingerprint density at radius 3 is 2.16 bits per heavy atom. The number of ether oxygens (including phenoxy) is 5. The van der Waals surface area contributed by atoms with Gasteiger partial charge in [-0.25, -0.2) is 0 Å². The maximum absolute atomic E-state index is 12.0. The van der Waals surface area contributed by atoms with Crippen molar-refractivity contribution in [2.24, 2.45) is 5.92 Å². The average molecular weight is 533 g/mol. The van der Waals surface area contributed by atoms with E-state index in [1.165, 1.54) is 20.8 Å². The van der Waals surface area contributed by atoms with Crippen molar-refractivity contribution < 1.29 is 38.1 Å². The van der Waals surface area contributed by atoms with Gasteiger partial charge in [0.05, 0.1) is 6.61 Å². The molecule has 0 amide bonds. The second-order valence-electron chi connectivity index (χ2n) is 9.01. The molecule has 3 rings (SSSR count). The predicted molar refractivity (Wildman–Crippen MR) is 136 cm³/mol. The molecular formula is C28H33ClO8. The van der Waals surface area contributed by atoms with Gasteiger partial charge in [-0.05, 0) is 48.2 Å². The highest BCUT2D eigenvalue weighted by molar-refractivity contribution is 6.31. The predicted octanol–water partition coefficient (Wildman–Crippen LogP) is 4.83. The molecule has 0 unspecified atom stereocenters. The van der Waals surface area contributed by atoms with Gasteiger partial charge < -0.3 is 23.7 Å². The molecular weight excluding hydrogens is 500 g/mol. The summed E-state index contributed by atoms with van der Waals surface area (Å²) in [5.41, 5.74) is 2.64. The largest absolute Gasteiger partial charge is 0.494 e. The van der Waals surface area contributed by atoms with Crippen LogP contribution in [-0.2, 0) is 39.8 Å². The number of halogens is 1. The van der Waals surface area contributed by atoms with Crippen molar-refractivity contribution in [1.82, 2.24) is 0 Å². The molecule has 8 nitrogen and oxygen atoms in total. The van der Waals surface area contributed by atoms with Crippen molar-refractivity contribution in [2.75, 3.05) is 13.2 Å². The minimum atomic E-state index is -0.784. The van der Waals surface area contributed by atoms with Crippen LogP contribution in [0.2, 0.25) is 5.02 Å². The summed E-state index contributed by atoms with van der Waals surface area (Å²) in [7, 11) is 0. The van der Waals surface area contributed by atoms with Crippen LogP contribution in [0.25, 0.3) is 0 Å². The molecule has 2 aromatic carbocycles. The van der Waals surface area contributed by atoms with Crippen LogP contribution in [0, 0.1) is 5.92 Å². The van der Waals surface area contributed by atoms with Crippen LogP contribution in [0.3, 0.4) is 0 Å². The van der Waals surface area contributed by atoms with Crippen LogP contribution in [-0.4, -0.2) is 49.4 Å². The summed E-state index contributed by atoms with van der Waals surface area (Å²) in [6, 6.07) is 13.3. The molecule has 2 aromatic rings. The summed E-state index contributed by atoms with van der Waals surface area (Å²) >= 11 is 6.54.